The highest BCUT2D eigenvalue weighted by Crippen LogP contribution is 2.26. The molecule has 5 heteroatoms. The number of aromatic nitrogens is 2. The van der Waals surface area contributed by atoms with Crippen molar-refractivity contribution in [2.45, 2.75) is 39.3 Å². The van der Waals surface area contributed by atoms with E-state index in [0.29, 0.717) is 12.2 Å². The third kappa shape index (κ3) is 4.17. The van der Waals surface area contributed by atoms with Crippen molar-refractivity contribution in [3.63, 3.8) is 0 Å². The Labute approximate surface area is 182 Å². The van der Waals surface area contributed by atoms with E-state index in [-0.39, 0.29) is 11.6 Å². The van der Waals surface area contributed by atoms with Crippen molar-refractivity contribution in [1.82, 2.24) is 9.13 Å². The third-order valence-electron chi connectivity index (χ3n) is 5.61. The number of amides is 1. The van der Waals surface area contributed by atoms with E-state index in [1.807, 2.05) is 78.9 Å². The summed E-state index contributed by atoms with van der Waals surface area (Å²) in [6, 6.07) is 24.8. The van der Waals surface area contributed by atoms with Crippen LogP contribution >= 0.6 is 0 Å². The zero-order chi connectivity index (χ0) is 21.8. The molecule has 1 heterocycles. The Balaban J connectivity index is 1.80. The fourth-order valence-corrected chi connectivity index (χ4v) is 3.88. The SMILES string of the molecule is CCCCn1c(=O)n(C(C)C(=O)Nc2ccccc2)c2cc(-c3ccccc3)ccc21. The molecule has 158 valence electrons. The molecule has 1 N–H and O–H groups in total. The molecule has 0 aliphatic carbocycles. The zero-order valence-electron chi connectivity index (χ0n) is 17.9. The molecule has 0 spiro atoms. The number of anilines is 1. The van der Waals surface area contributed by atoms with Crippen molar-refractivity contribution in [3.8, 4) is 11.1 Å². The topological polar surface area (TPSA) is 56.0 Å². The molecule has 0 bridgehead atoms. The molecule has 1 amide bonds. The van der Waals surface area contributed by atoms with Gasteiger partial charge in [0.1, 0.15) is 6.04 Å². The smallest absolute Gasteiger partial charge is 0.324 e. The van der Waals surface area contributed by atoms with Crippen LogP contribution in [0.2, 0.25) is 0 Å². The van der Waals surface area contributed by atoms with Crippen LogP contribution in [0.5, 0.6) is 0 Å². The summed E-state index contributed by atoms with van der Waals surface area (Å²) in [5, 5.41) is 2.92. The Morgan fingerprint density at radius 3 is 2.26 bits per heavy atom. The number of hydrogen-bond acceptors (Lipinski definition) is 2. The minimum absolute atomic E-state index is 0.149. The van der Waals surface area contributed by atoms with Gasteiger partial charge in [-0.2, -0.15) is 0 Å². The molecule has 1 atom stereocenters. The molecule has 5 nitrogen and oxygen atoms in total. The van der Waals surface area contributed by atoms with Gasteiger partial charge in [-0.25, -0.2) is 4.79 Å². The summed E-state index contributed by atoms with van der Waals surface area (Å²) >= 11 is 0. The van der Waals surface area contributed by atoms with Gasteiger partial charge >= 0.3 is 5.69 Å². The van der Waals surface area contributed by atoms with E-state index in [9.17, 15) is 9.59 Å². The summed E-state index contributed by atoms with van der Waals surface area (Å²) in [5.74, 6) is -0.215. The molecule has 4 rings (SSSR count). The largest absolute Gasteiger partial charge is 0.329 e. The molecule has 0 radical (unpaired) electrons. The van der Waals surface area contributed by atoms with Crippen LogP contribution in [0.25, 0.3) is 22.2 Å². The average Bonchev–Trinajstić information content (AvgIpc) is 3.08. The minimum atomic E-state index is -0.649. The van der Waals surface area contributed by atoms with E-state index in [0.717, 1.165) is 35.0 Å². The van der Waals surface area contributed by atoms with Crippen LogP contribution in [0.3, 0.4) is 0 Å². The van der Waals surface area contributed by atoms with Crippen molar-refractivity contribution in [3.05, 3.63) is 89.3 Å². The number of carbonyl (C=O) groups is 1. The number of carbonyl (C=O) groups excluding carboxylic acids is 1. The quantitative estimate of drug-likeness (QED) is 0.437. The number of hydrogen-bond donors (Lipinski definition) is 1. The van der Waals surface area contributed by atoms with Gasteiger partial charge in [0, 0.05) is 12.2 Å². The molecule has 0 aliphatic rings. The molecule has 3 aromatic carbocycles. The predicted octanol–water partition coefficient (Wildman–Crippen LogP) is 5.47. The maximum Gasteiger partial charge on any atom is 0.329 e. The molecule has 1 aromatic heterocycles. The van der Waals surface area contributed by atoms with E-state index in [2.05, 4.69) is 12.2 Å². The van der Waals surface area contributed by atoms with Crippen LogP contribution in [0.15, 0.2) is 83.7 Å². The van der Waals surface area contributed by atoms with Crippen molar-refractivity contribution >= 4 is 22.6 Å². The van der Waals surface area contributed by atoms with Gasteiger partial charge in [0.15, 0.2) is 0 Å². The molecule has 0 saturated heterocycles. The molecule has 4 aromatic rings. The lowest BCUT2D eigenvalue weighted by molar-refractivity contribution is -0.118. The van der Waals surface area contributed by atoms with Crippen LogP contribution in [-0.4, -0.2) is 15.0 Å². The zero-order valence-corrected chi connectivity index (χ0v) is 17.9. The number of benzene rings is 3. The molecular weight excluding hydrogens is 386 g/mol. The molecular formula is C26H27N3O2. The second-order valence-corrected chi connectivity index (χ2v) is 7.76. The number of unbranched alkanes of at least 4 members (excludes halogenated alkanes) is 1. The maximum absolute atomic E-state index is 13.4. The van der Waals surface area contributed by atoms with Gasteiger partial charge in [-0.15, -0.1) is 0 Å². The first kappa shape index (κ1) is 20.7. The lowest BCUT2D eigenvalue weighted by Crippen LogP contribution is -2.32. The summed E-state index contributed by atoms with van der Waals surface area (Å²) in [6.45, 7) is 4.52. The summed E-state index contributed by atoms with van der Waals surface area (Å²) in [4.78, 5) is 26.4. The van der Waals surface area contributed by atoms with Crippen LogP contribution in [0.4, 0.5) is 5.69 Å². The number of nitrogens with zero attached hydrogens (tertiary/aromatic N) is 2. The van der Waals surface area contributed by atoms with Gasteiger partial charge in [-0.3, -0.25) is 13.9 Å². The standard InChI is InChI=1S/C26H27N3O2/c1-3-4-17-28-23-16-15-21(20-11-7-5-8-12-20)18-24(23)29(26(28)31)19(2)25(30)27-22-13-9-6-10-14-22/h5-16,18-19H,3-4,17H2,1-2H3,(H,27,30). The number of imidazole rings is 1. The van der Waals surface area contributed by atoms with Crippen molar-refractivity contribution in [1.29, 1.82) is 0 Å². The molecule has 0 aliphatic heterocycles. The summed E-state index contributed by atoms with van der Waals surface area (Å²) < 4.78 is 3.41. The molecule has 0 fully saturated rings. The van der Waals surface area contributed by atoms with Crippen LogP contribution in [-0.2, 0) is 11.3 Å². The summed E-state index contributed by atoms with van der Waals surface area (Å²) in [5.41, 5.74) is 4.29. The number of rotatable bonds is 7. The van der Waals surface area contributed by atoms with Gasteiger partial charge in [-0.1, -0.05) is 67.9 Å². The van der Waals surface area contributed by atoms with Crippen molar-refractivity contribution in [2.24, 2.45) is 0 Å². The number of aryl methyl sites for hydroxylation is 1. The van der Waals surface area contributed by atoms with E-state index in [1.54, 1.807) is 16.1 Å². The minimum Gasteiger partial charge on any atom is -0.324 e. The van der Waals surface area contributed by atoms with Crippen LogP contribution in [0.1, 0.15) is 32.7 Å². The first-order valence-electron chi connectivity index (χ1n) is 10.8. The van der Waals surface area contributed by atoms with E-state index >= 15 is 0 Å². The van der Waals surface area contributed by atoms with Gasteiger partial charge in [-0.05, 0) is 48.7 Å². The van der Waals surface area contributed by atoms with Gasteiger partial charge in [0.2, 0.25) is 5.91 Å². The Kier molecular flexibility index (Phi) is 6.03. The normalized spacial score (nSPS) is 12.1. The average molecular weight is 414 g/mol. The van der Waals surface area contributed by atoms with E-state index < -0.39 is 6.04 Å². The highest BCUT2D eigenvalue weighted by atomic mass is 16.2. The third-order valence-corrected chi connectivity index (χ3v) is 5.61. The number of fused-ring (bicyclic) bond motifs is 1. The summed E-state index contributed by atoms with van der Waals surface area (Å²) in [6.07, 6.45) is 1.90. The van der Waals surface area contributed by atoms with Crippen molar-refractivity contribution in [2.75, 3.05) is 5.32 Å². The van der Waals surface area contributed by atoms with Gasteiger partial charge < -0.3 is 5.32 Å². The number of nitrogens with one attached hydrogen (secondary N) is 1. The first-order valence-corrected chi connectivity index (χ1v) is 10.8. The Morgan fingerprint density at radius 2 is 1.58 bits per heavy atom. The second kappa shape index (κ2) is 9.04. The maximum atomic E-state index is 13.4. The Bertz CT molecular complexity index is 1240. The molecule has 31 heavy (non-hydrogen) atoms. The van der Waals surface area contributed by atoms with Gasteiger partial charge in [0.05, 0.1) is 11.0 Å². The van der Waals surface area contributed by atoms with Crippen molar-refractivity contribution < 1.29 is 4.79 Å². The fraction of sp³-hybridized carbons (Fsp3) is 0.231. The monoisotopic (exact) mass is 413 g/mol. The van der Waals surface area contributed by atoms with E-state index in [4.69, 9.17) is 0 Å². The fourth-order valence-electron chi connectivity index (χ4n) is 3.88. The second-order valence-electron chi connectivity index (χ2n) is 7.76. The van der Waals surface area contributed by atoms with E-state index in [1.165, 1.54) is 0 Å². The predicted molar refractivity (Wildman–Crippen MR) is 126 cm³/mol. The first-order chi connectivity index (χ1) is 15.1. The summed E-state index contributed by atoms with van der Waals surface area (Å²) in [7, 11) is 0. The Hall–Kier alpha value is -3.60. The Morgan fingerprint density at radius 1 is 0.903 bits per heavy atom. The van der Waals surface area contributed by atoms with Crippen LogP contribution in [0, 0.1) is 0 Å². The molecule has 0 saturated carbocycles. The molecule has 1 unspecified atom stereocenters. The van der Waals surface area contributed by atoms with Gasteiger partial charge in [0.25, 0.3) is 0 Å². The highest BCUT2D eigenvalue weighted by molar-refractivity contribution is 5.95. The lowest BCUT2D eigenvalue weighted by atomic mass is 10.1. The number of para-hydroxylation sites is 1. The highest BCUT2D eigenvalue weighted by Gasteiger charge is 2.23. The van der Waals surface area contributed by atoms with Crippen LogP contribution < -0.4 is 11.0 Å². The lowest BCUT2D eigenvalue weighted by Gasteiger charge is -2.14.